The van der Waals surface area contributed by atoms with E-state index in [1.54, 1.807) is 12.1 Å². The van der Waals surface area contributed by atoms with Gasteiger partial charge in [-0.25, -0.2) is 0 Å². The molecule has 2 fully saturated rings. The summed E-state index contributed by atoms with van der Waals surface area (Å²) in [6.45, 7) is 5.47. The molecule has 1 spiro atoms. The van der Waals surface area contributed by atoms with Crippen molar-refractivity contribution >= 4 is 40.7 Å². The zero-order valence-electron chi connectivity index (χ0n) is 14.5. The van der Waals surface area contributed by atoms with Gasteiger partial charge in [0.2, 0.25) is 11.8 Å². The maximum Gasteiger partial charge on any atom is 0.237 e. The smallest absolute Gasteiger partial charge is 0.237 e. The third kappa shape index (κ3) is 2.48. The number of likely N-dealkylation sites (tertiary alicyclic amines) is 1. The van der Waals surface area contributed by atoms with Crippen molar-refractivity contribution in [3.63, 3.8) is 0 Å². The van der Waals surface area contributed by atoms with Gasteiger partial charge in [-0.05, 0) is 42.4 Å². The van der Waals surface area contributed by atoms with E-state index in [1.807, 2.05) is 4.90 Å². The number of hydrogen-bond acceptors (Lipinski definition) is 2. The molecular weight excluding hydrogens is 359 g/mol. The second kappa shape index (κ2) is 5.62. The Labute approximate surface area is 157 Å². The van der Waals surface area contributed by atoms with Gasteiger partial charge in [0.15, 0.2) is 0 Å². The molecule has 1 saturated carbocycles. The Balaban J connectivity index is 1.56. The molecule has 1 saturated heterocycles. The van der Waals surface area contributed by atoms with E-state index >= 15 is 0 Å². The van der Waals surface area contributed by atoms with Crippen LogP contribution in [0, 0.1) is 11.3 Å². The van der Waals surface area contributed by atoms with Crippen molar-refractivity contribution in [2.45, 2.75) is 44.9 Å². The van der Waals surface area contributed by atoms with Crippen molar-refractivity contribution in [1.29, 1.82) is 0 Å². The number of carbonyl (C=O) groups is 2. The first-order chi connectivity index (χ1) is 11.8. The van der Waals surface area contributed by atoms with Gasteiger partial charge in [0.25, 0.3) is 0 Å². The minimum absolute atomic E-state index is 0.0526. The van der Waals surface area contributed by atoms with Crippen LogP contribution in [0.2, 0.25) is 10.0 Å². The predicted octanol–water partition coefficient (Wildman–Crippen LogP) is 4.24. The molecule has 2 amide bonds. The molecule has 25 heavy (non-hydrogen) atoms. The van der Waals surface area contributed by atoms with Crippen molar-refractivity contribution in [3.05, 3.63) is 27.7 Å². The predicted molar refractivity (Wildman–Crippen MR) is 99.1 cm³/mol. The van der Waals surface area contributed by atoms with E-state index in [2.05, 4.69) is 19.2 Å². The number of nitrogens with zero attached hydrogens (tertiary/aromatic N) is 1. The lowest BCUT2D eigenvalue weighted by Crippen LogP contribution is -2.46. The summed E-state index contributed by atoms with van der Waals surface area (Å²) in [7, 11) is 0. The van der Waals surface area contributed by atoms with Crippen molar-refractivity contribution in [1.82, 2.24) is 4.90 Å². The van der Waals surface area contributed by atoms with Crippen molar-refractivity contribution in [3.8, 4) is 0 Å². The van der Waals surface area contributed by atoms with E-state index in [-0.39, 0.29) is 17.7 Å². The van der Waals surface area contributed by atoms with Crippen LogP contribution in [0.3, 0.4) is 0 Å². The first kappa shape index (κ1) is 17.2. The van der Waals surface area contributed by atoms with Gasteiger partial charge < -0.3 is 10.2 Å². The van der Waals surface area contributed by atoms with E-state index in [4.69, 9.17) is 23.2 Å². The highest BCUT2D eigenvalue weighted by Crippen LogP contribution is 2.51. The van der Waals surface area contributed by atoms with Gasteiger partial charge in [-0.15, -0.1) is 0 Å². The zero-order chi connectivity index (χ0) is 18.0. The fraction of sp³-hybridized carbons (Fsp3) is 0.579. The second-order valence-electron chi connectivity index (χ2n) is 8.13. The normalized spacial score (nSPS) is 33.4. The lowest BCUT2D eigenvalue weighted by atomic mass is 9.61. The molecule has 1 aromatic rings. The van der Waals surface area contributed by atoms with Crippen LogP contribution in [0.1, 0.15) is 45.1 Å². The first-order valence-corrected chi connectivity index (χ1v) is 9.63. The first-order valence-electron chi connectivity index (χ1n) is 8.88. The minimum Gasteiger partial charge on any atom is -0.341 e. The third-order valence-corrected chi connectivity index (χ3v) is 7.24. The van der Waals surface area contributed by atoms with Crippen LogP contribution in [0.5, 0.6) is 0 Å². The van der Waals surface area contributed by atoms with Gasteiger partial charge in [0, 0.05) is 24.7 Å². The third-order valence-electron chi connectivity index (χ3n) is 6.52. The van der Waals surface area contributed by atoms with Crippen LogP contribution in [-0.4, -0.2) is 29.8 Å². The van der Waals surface area contributed by atoms with Gasteiger partial charge in [0.05, 0.1) is 15.5 Å². The molecule has 0 unspecified atom stereocenters. The number of halogens is 2. The molecule has 2 heterocycles. The number of hydrogen-bond donors (Lipinski definition) is 1. The van der Waals surface area contributed by atoms with E-state index in [9.17, 15) is 9.59 Å². The lowest BCUT2D eigenvalue weighted by molar-refractivity contribution is -0.142. The van der Waals surface area contributed by atoms with Crippen molar-refractivity contribution in [2.24, 2.45) is 11.3 Å². The Morgan fingerprint density at radius 2 is 2.00 bits per heavy atom. The molecule has 0 bridgehead atoms. The van der Waals surface area contributed by atoms with Crippen LogP contribution in [0.4, 0.5) is 5.69 Å². The molecule has 6 heteroatoms. The summed E-state index contributed by atoms with van der Waals surface area (Å²) in [5.41, 5.74) is 1.21. The molecule has 4 nitrogen and oxygen atoms in total. The number of nitrogens with one attached hydrogen (secondary N) is 1. The fourth-order valence-electron chi connectivity index (χ4n) is 4.66. The van der Waals surface area contributed by atoms with Crippen LogP contribution in [0.25, 0.3) is 0 Å². The highest BCUT2D eigenvalue weighted by molar-refractivity contribution is 6.42. The molecule has 4 rings (SSSR count). The summed E-state index contributed by atoms with van der Waals surface area (Å²) >= 11 is 12.3. The molecular formula is C19H22Cl2N2O2. The zero-order valence-corrected chi connectivity index (χ0v) is 16.0. The van der Waals surface area contributed by atoms with E-state index < -0.39 is 5.41 Å². The Hall–Kier alpha value is -1.26. The molecule has 2 aliphatic heterocycles. The molecule has 1 N–H and O–H groups in total. The van der Waals surface area contributed by atoms with E-state index in [0.717, 1.165) is 30.5 Å². The highest BCUT2D eigenvalue weighted by atomic mass is 35.5. The second-order valence-corrected chi connectivity index (χ2v) is 8.94. The van der Waals surface area contributed by atoms with Crippen molar-refractivity contribution in [2.75, 3.05) is 18.4 Å². The Morgan fingerprint density at radius 3 is 2.68 bits per heavy atom. The van der Waals surface area contributed by atoms with Crippen LogP contribution in [0.15, 0.2) is 12.1 Å². The number of amides is 2. The molecule has 134 valence electrons. The molecule has 1 aliphatic carbocycles. The average Bonchev–Trinajstić information content (AvgIpc) is 3.10. The lowest BCUT2D eigenvalue weighted by Gasteiger charge is -2.45. The largest absolute Gasteiger partial charge is 0.341 e. The quantitative estimate of drug-likeness (QED) is 0.833. The number of rotatable bonds is 2. The van der Waals surface area contributed by atoms with Gasteiger partial charge in [-0.2, -0.15) is 0 Å². The van der Waals surface area contributed by atoms with Crippen LogP contribution < -0.4 is 5.32 Å². The molecule has 0 aromatic heterocycles. The van der Waals surface area contributed by atoms with Crippen molar-refractivity contribution < 1.29 is 9.59 Å². The molecule has 1 atom stereocenters. The minimum atomic E-state index is -0.684. The maximum atomic E-state index is 12.9. The standard InChI is InChI=1S/C19H22Cl2N2O2/c1-3-18(2)8-11(9-18)16(24)23-5-4-19(10-23)12-6-13(20)14(21)7-15(12)22-17(19)25/h6-7,11H,3-5,8-10H2,1-2H3,(H,22,25)/t11?,18?,19-/m1/s1. The summed E-state index contributed by atoms with van der Waals surface area (Å²) in [4.78, 5) is 27.4. The monoisotopic (exact) mass is 380 g/mol. The molecule has 1 aromatic carbocycles. The van der Waals surface area contributed by atoms with Gasteiger partial charge in [-0.3, -0.25) is 9.59 Å². The Bertz CT molecular complexity index is 773. The van der Waals surface area contributed by atoms with Gasteiger partial charge in [-0.1, -0.05) is 43.5 Å². The Kier molecular flexibility index (Phi) is 3.86. The molecule has 3 aliphatic rings. The number of fused-ring (bicyclic) bond motifs is 2. The average molecular weight is 381 g/mol. The summed E-state index contributed by atoms with van der Waals surface area (Å²) in [6.07, 6.45) is 3.65. The summed E-state index contributed by atoms with van der Waals surface area (Å²) < 4.78 is 0. The Morgan fingerprint density at radius 1 is 1.32 bits per heavy atom. The highest BCUT2D eigenvalue weighted by Gasteiger charge is 2.54. The number of anilines is 1. The SMILES string of the molecule is CCC1(C)CC(C(=O)N2CC[C@]3(C2)C(=O)Nc2cc(Cl)c(Cl)cc23)C1. The number of benzene rings is 1. The van der Waals surface area contributed by atoms with Crippen LogP contribution in [-0.2, 0) is 15.0 Å². The number of carbonyl (C=O) groups excluding carboxylic acids is 2. The summed E-state index contributed by atoms with van der Waals surface area (Å²) in [5, 5.41) is 3.79. The van der Waals surface area contributed by atoms with E-state index in [1.165, 1.54) is 0 Å². The molecule has 0 radical (unpaired) electrons. The maximum absolute atomic E-state index is 12.9. The van der Waals surface area contributed by atoms with E-state index in [0.29, 0.717) is 35.0 Å². The topological polar surface area (TPSA) is 49.4 Å². The summed E-state index contributed by atoms with van der Waals surface area (Å²) in [6, 6.07) is 3.48. The fourth-order valence-corrected chi connectivity index (χ4v) is 4.99. The van der Waals surface area contributed by atoms with Gasteiger partial charge >= 0.3 is 0 Å². The van der Waals surface area contributed by atoms with Gasteiger partial charge in [0.1, 0.15) is 0 Å². The van der Waals surface area contributed by atoms with Crippen LogP contribution >= 0.6 is 23.2 Å². The summed E-state index contributed by atoms with van der Waals surface area (Å²) in [5.74, 6) is 0.255.